The molecule has 0 fully saturated rings. The van der Waals surface area contributed by atoms with Crippen molar-refractivity contribution in [1.82, 2.24) is 0 Å². The summed E-state index contributed by atoms with van der Waals surface area (Å²) in [4.78, 5) is 10.9. The SMILES string of the molecule is CCCOC(=O)CCC[C@@H](N)C(F)(F)F. The first kappa shape index (κ1) is 14.2. The predicted octanol–water partition coefficient (Wildman–Crippen LogP) is 2.00. The van der Waals surface area contributed by atoms with Crippen LogP contribution < -0.4 is 5.73 Å². The maximum Gasteiger partial charge on any atom is 0.403 e. The summed E-state index contributed by atoms with van der Waals surface area (Å²) in [7, 11) is 0. The summed E-state index contributed by atoms with van der Waals surface area (Å²) >= 11 is 0. The van der Waals surface area contributed by atoms with Gasteiger partial charge in [-0.2, -0.15) is 13.2 Å². The van der Waals surface area contributed by atoms with Crippen LogP contribution in [0.4, 0.5) is 13.2 Å². The molecule has 0 aromatic rings. The third-order valence-corrected chi connectivity index (χ3v) is 1.78. The molecular weight excluding hydrogens is 211 g/mol. The highest BCUT2D eigenvalue weighted by Crippen LogP contribution is 2.21. The van der Waals surface area contributed by atoms with E-state index in [0.717, 1.165) is 0 Å². The van der Waals surface area contributed by atoms with Crippen molar-refractivity contribution in [2.45, 2.75) is 44.8 Å². The Balaban J connectivity index is 3.57. The first-order chi connectivity index (χ1) is 6.88. The van der Waals surface area contributed by atoms with Gasteiger partial charge in [0.05, 0.1) is 6.61 Å². The number of ether oxygens (including phenoxy) is 1. The molecule has 0 aliphatic heterocycles. The highest BCUT2D eigenvalue weighted by atomic mass is 19.4. The second kappa shape index (κ2) is 6.66. The molecule has 0 aliphatic rings. The van der Waals surface area contributed by atoms with Gasteiger partial charge in [0.25, 0.3) is 0 Å². The summed E-state index contributed by atoms with van der Waals surface area (Å²) in [5.74, 6) is -0.466. The van der Waals surface area contributed by atoms with Crippen LogP contribution in [0.15, 0.2) is 0 Å². The molecule has 0 amide bonds. The van der Waals surface area contributed by atoms with E-state index in [1.165, 1.54) is 0 Å². The maximum atomic E-state index is 11.9. The first-order valence-electron chi connectivity index (χ1n) is 4.85. The molecule has 15 heavy (non-hydrogen) atoms. The lowest BCUT2D eigenvalue weighted by Crippen LogP contribution is -2.37. The Labute approximate surface area is 86.8 Å². The molecule has 6 heteroatoms. The van der Waals surface area contributed by atoms with Crippen LogP contribution in [0.5, 0.6) is 0 Å². The predicted molar refractivity (Wildman–Crippen MR) is 49.1 cm³/mol. The second-order valence-corrected chi connectivity index (χ2v) is 3.26. The van der Waals surface area contributed by atoms with Crippen LogP contribution >= 0.6 is 0 Å². The van der Waals surface area contributed by atoms with Crippen LogP contribution in [0.2, 0.25) is 0 Å². The van der Waals surface area contributed by atoms with Gasteiger partial charge in [-0.15, -0.1) is 0 Å². The number of alkyl halides is 3. The Bertz CT molecular complexity index is 194. The number of esters is 1. The topological polar surface area (TPSA) is 52.3 Å². The molecule has 0 aromatic heterocycles. The fraction of sp³-hybridized carbons (Fsp3) is 0.889. The molecule has 0 saturated heterocycles. The van der Waals surface area contributed by atoms with Gasteiger partial charge in [0.1, 0.15) is 6.04 Å². The minimum Gasteiger partial charge on any atom is -0.466 e. The van der Waals surface area contributed by atoms with E-state index in [2.05, 4.69) is 0 Å². The largest absolute Gasteiger partial charge is 0.466 e. The number of hydrogen-bond acceptors (Lipinski definition) is 3. The van der Waals surface area contributed by atoms with Gasteiger partial charge < -0.3 is 10.5 Å². The summed E-state index contributed by atoms with van der Waals surface area (Å²) in [5, 5.41) is 0. The Morgan fingerprint density at radius 2 is 2.07 bits per heavy atom. The zero-order valence-corrected chi connectivity index (χ0v) is 8.64. The van der Waals surface area contributed by atoms with E-state index in [1.807, 2.05) is 6.92 Å². The van der Waals surface area contributed by atoms with Crippen LogP contribution in [-0.2, 0) is 9.53 Å². The molecule has 90 valence electrons. The van der Waals surface area contributed by atoms with E-state index >= 15 is 0 Å². The summed E-state index contributed by atoms with van der Waals surface area (Å²) in [6.45, 7) is 2.15. The van der Waals surface area contributed by atoms with Gasteiger partial charge in [0.15, 0.2) is 0 Å². The van der Waals surface area contributed by atoms with E-state index in [9.17, 15) is 18.0 Å². The van der Waals surface area contributed by atoms with Crippen molar-refractivity contribution < 1.29 is 22.7 Å². The summed E-state index contributed by atoms with van der Waals surface area (Å²) in [6.07, 6.45) is -3.83. The number of carbonyl (C=O) groups excluding carboxylic acids is 1. The summed E-state index contributed by atoms with van der Waals surface area (Å²) < 4.78 is 40.5. The van der Waals surface area contributed by atoms with Gasteiger partial charge in [-0.05, 0) is 19.3 Å². The van der Waals surface area contributed by atoms with Gasteiger partial charge in [0.2, 0.25) is 0 Å². The molecular formula is C9H16F3NO2. The minimum absolute atomic E-state index is 0.0101. The third kappa shape index (κ3) is 7.18. The maximum absolute atomic E-state index is 11.9. The number of hydrogen-bond donors (Lipinski definition) is 1. The molecule has 0 saturated carbocycles. The van der Waals surface area contributed by atoms with Crippen molar-refractivity contribution in [2.24, 2.45) is 5.73 Å². The van der Waals surface area contributed by atoms with E-state index < -0.39 is 18.2 Å². The molecule has 0 aliphatic carbocycles. The van der Waals surface area contributed by atoms with Crippen molar-refractivity contribution >= 4 is 5.97 Å². The fourth-order valence-corrected chi connectivity index (χ4v) is 0.918. The van der Waals surface area contributed by atoms with Gasteiger partial charge in [-0.3, -0.25) is 4.79 Å². The first-order valence-corrected chi connectivity index (χ1v) is 4.85. The van der Waals surface area contributed by atoms with Crippen LogP contribution in [0.25, 0.3) is 0 Å². The van der Waals surface area contributed by atoms with Crippen LogP contribution in [0.3, 0.4) is 0 Å². The Morgan fingerprint density at radius 3 is 2.53 bits per heavy atom. The highest BCUT2D eigenvalue weighted by molar-refractivity contribution is 5.69. The van der Waals surface area contributed by atoms with Crippen molar-refractivity contribution in [3.05, 3.63) is 0 Å². The molecule has 0 heterocycles. The lowest BCUT2D eigenvalue weighted by molar-refractivity contribution is -0.151. The van der Waals surface area contributed by atoms with Gasteiger partial charge in [0, 0.05) is 6.42 Å². The number of nitrogens with two attached hydrogens (primary N) is 1. The molecule has 0 radical (unpaired) electrons. The quantitative estimate of drug-likeness (QED) is 0.706. The van der Waals surface area contributed by atoms with Crippen LogP contribution in [0.1, 0.15) is 32.6 Å². The zero-order chi connectivity index (χ0) is 11.9. The Kier molecular flexibility index (Phi) is 6.31. The van der Waals surface area contributed by atoms with E-state index in [0.29, 0.717) is 13.0 Å². The van der Waals surface area contributed by atoms with Crippen molar-refractivity contribution in [3.63, 3.8) is 0 Å². The van der Waals surface area contributed by atoms with Gasteiger partial charge >= 0.3 is 12.1 Å². The molecule has 0 spiro atoms. The lowest BCUT2D eigenvalue weighted by atomic mass is 10.1. The lowest BCUT2D eigenvalue weighted by Gasteiger charge is -2.14. The smallest absolute Gasteiger partial charge is 0.403 e. The van der Waals surface area contributed by atoms with E-state index in [-0.39, 0.29) is 19.3 Å². The van der Waals surface area contributed by atoms with Gasteiger partial charge in [-0.1, -0.05) is 6.92 Å². The molecule has 0 rings (SSSR count). The third-order valence-electron chi connectivity index (χ3n) is 1.78. The van der Waals surface area contributed by atoms with Crippen molar-refractivity contribution in [2.75, 3.05) is 6.61 Å². The van der Waals surface area contributed by atoms with E-state index in [4.69, 9.17) is 10.5 Å². The zero-order valence-electron chi connectivity index (χ0n) is 8.64. The van der Waals surface area contributed by atoms with E-state index in [1.54, 1.807) is 0 Å². The molecule has 3 nitrogen and oxygen atoms in total. The van der Waals surface area contributed by atoms with Crippen LogP contribution in [0, 0.1) is 0 Å². The molecule has 1 atom stereocenters. The summed E-state index contributed by atoms with van der Waals surface area (Å²) in [5.41, 5.74) is 4.86. The average Bonchev–Trinajstić information content (AvgIpc) is 2.13. The molecule has 0 unspecified atom stereocenters. The van der Waals surface area contributed by atoms with Crippen LogP contribution in [-0.4, -0.2) is 24.8 Å². The van der Waals surface area contributed by atoms with Crippen molar-refractivity contribution in [1.29, 1.82) is 0 Å². The average molecular weight is 227 g/mol. The Hall–Kier alpha value is -0.780. The second-order valence-electron chi connectivity index (χ2n) is 3.26. The highest BCUT2D eigenvalue weighted by Gasteiger charge is 2.35. The fourth-order valence-electron chi connectivity index (χ4n) is 0.918. The van der Waals surface area contributed by atoms with Crippen molar-refractivity contribution in [3.8, 4) is 0 Å². The molecule has 0 aromatic carbocycles. The summed E-state index contributed by atoms with van der Waals surface area (Å²) in [6, 6.07) is -1.85. The van der Waals surface area contributed by atoms with Gasteiger partial charge in [-0.25, -0.2) is 0 Å². The molecule has 2 N–H and O–H groups in total. The number of rotatable bonds is 6. The minimum atomic E-state index is -4.38. The standard InChI is InChI=1S/C9H16F3NO2/c1-2-6-15-8(14)5-3-4-7(13)9(10,11)12/h7H,2-6,13H2,1H3/t7-/m1/s1. The normalized spacial score (nSPS) is 13.7. The number of halogens is 3. The Morgan fingerprint density at radius 1 is 1.47 bits per heavy atom. The monoisotopic (exact) mass is 227 g/mol. The number of carbonyl (C=O) groups is 1. The molecule has 0 bridgehead atoms.